The first-order chi connectivity index (χ1) is 10.6. The number of rotatable bonds is 4. The Hall–Kier alpha value is -1.24. The molecule has 3 heterocycles. The molecule has 22 heavy (non-hydrogen) atoms. The molecule has 0 aliphatic carbocycles. The summed E-state index contributed by atoms with van der Waals surface area (Å²) in [5.41, 5.74) is 2.01. The second-order valence-electron chi connectivity index (χ2n) is 5.82. The summed E-state index contributed by atoms with van der Waals surface area (Å²) in [5, 5.41) is 10.8. The van der Waals surface area contributed by atoms with Crippen LogP contribution in [0.25, 0.3) is 11.2 Å². The second kappa shape index (κ2) is 6.10. The van der Waals surface area contributed by atoms with Gasteiger partial charge in [-0.1, -0.05) is 20.3 Å². The fourth-order valence-electron chi connectivity index (χ4n) is 3.30. The van der Waals surface area contributed by atoms with E-state index in [0.717, 1.165) is 25.0 Å². The van der Waals surface area contributed by atoms with E-state index in [2.05, 4.69) is 28.8 Å². The zero-order valence-electron chi connectivity index (χ0n) is 13.0. The van der Waals surface area contributed by atoms with Crippen LogP contribution in [0.4, 0.5) is 0 Å². The molecule has 0 saturated carbocycles. The molecule has 3 rings (SSSR count). The lowest BCUT2D eigenvalue weighted by Gasteiger charge is -2.18. The number of halogens is 1. The van der Waals surface area contributed by atoms with Gasteiger partial charge >= 0.3 is 0 Å². The van der Waals surface area contributed by atoms with Gasteiger partial charge in [0.05, 0.1) is 18.1 Å². The van der Waals surface area contributed by atoms with E-state index < -0.39 is 12.3 Å². The molecule has 1 saturated heterocycles. The van der Waals surface area contributed by atoms with Gasteiger partial charge in [0.25, 0.3) is 0 Å². The second-order valence-corrected chi connectivity index (χ2v) is 6.16. The Bertz CT molecular complexity index is 675. The number of fused-ring (bicyclic) bond motifs is 1. The molecule has 0 spiro atoms. The van der Waals surface area contributed by atoms with Crippen LogP contribution in [0.15, 0.2) is 6.33 Å². The number of aryl methyl sites for hydroxylation is 1. The fraction of sp³-hybridized carbons (Fsp3) is 0.667. The van der Waals surface area contributed by atoms with E-state index in [4.69, 9.17) is 16.3 Å². The summed E-state index contributed by atoms with van der Waals surface area (Å²) in [6.45, 7) is 6.05. The van der Waals surface area contributed by atoms with Gasteiger partial charge in [0.15, 0.2) is 11.9 Å². The van der Waals surface area contributed by atoms with E-state index in [1.54, 1.807) is 10.9 Å². The minimum atomic E-state index is -0.576. The molecule has 0 amide bonds. The van der Waals surface area contributed by atoms with Crippen LogP contribution in [0.1, 0.15) is 45.0 Å². The van der Waals surface area contributed by atoms with Crippen LogP contribution in [-0.2, 0) is 4.74 Å². The summed E-state index contributed by atoms with van der Waals surface area (Å²) in [6, 6.07) is 0. The molecule has 120 valence electrons. The lowest BCUT2D eigenvalue weighted by Crippen LogP contribution is -2.26. The summed E-state index contributed by atoms with van der Waals surface area (Å²) in [7, 11) is 0. The predicted octanol–water partition coefficient (Wildman–Crippen LogP) is 2.87. The Balaban J connectivity index is 2.01. The number of nitrogens with zero attached hydrogens (tertiary/aromatic N) is 4. The van der Waals surface area contributed by atoms with Gasteiger partial charge in [-0.2, -0.15) is 4.98 Å². The molecule has 2 aromatic rings. The van der Waals surface area contributed by atoms with E-state index in [1.807, 2.05) is 6.92 Å². The van der Waals surface area contributed by atoms with Crippen molar-refractivity contribution in [1.29, 1.82) is 0 Å². The van der Waals surface area contributed by atoms with Gasteiger partial charge in [0, 0.05) is 5.92 Å². The average molecular weight is 325 g/mol. The maximum atomic E-state index is 10.7. The minimum Gasteiger partial charge on any atom is -0.388 e. The molecule has 0 bridgehead atoms. The normalized spacial score (nSPS) is 28.6. The summed E-state index contributed by atoms with van der Waals surface area (Å²) in [6.07, 6.45) is 3.50. The van der Waals surface area contributed by atoms with Crippen LogP contribution in [-0.4, -0.2) is 36.8 Å². The average Bonchev–Trinajstić information content (AvgIpc) is 3.01. The Morgan fingerprint density at radius 1 is 1.36 bits per heavy atom. The number of aliphatic hydroxyl groups excluding tert-OH is 1. The molecule has 4 atom stereocenters. The van der Waals surface area contributed by atoms with Crippen molar-refractivity contribution in [3.8, 4) is 0 Å². The van der Waals surface area contributed by atoms with Crippen LogP contribution >= 0.6 is 11.6 Å². The molecule has 0 radical (unpaired) electrons. The fourth-order valence-corrected chi connectivity index (χ4v) is 3.51. The number of imidazole rings is 1. The first kappa shape index (κ1) is 15.6. The van der Waals surface area contributed by atoms with Gasteiger partial charge in [-0.15, -0.1) is 0 Å². The van der Waals surface area contributed by atoms with Gasteiger partial charge in [-0.3, -0.25) is 4.57 Å². The van der Waals surface area contributed by atoms with Crippen LogP contribution in [0, 0.1) is 12.8 Å². The van der Waals surface area contributed by atoms with Crippen LogP contribution in [0.2, 0.25) is 5.28 Å². The summed E-state index contributed by atoms with van der Waals surface area (Å²) in [5.74, 6) is 0.126. The van der Waals surface area contributed by atoms with Crippen LogP contribution < -0.4 is 0 Å². The highest BCUT2D eigenvalue weighted by Gasteiger charge is 2.43. The third-order valence-electron chi connectivity index (χ3n) is 4.41. The molecule has 1 aliphatic heterocycles. The van der Waals surface area contributed by atoms with Crippen molar-refractivity contribution in [2.45, 2.75) is 58.5 Å². The monoisotopic (exact) mass is 324 g/mol. The van der Waals surface area contributed by atoms with Crippen molar-refractivity contribution in [3.05, 3.63) is 17.3 Å². The lowest BCUT2D eigenvalue weighted by atomic mass is 9.92. The number of hydrogen-bond donors (Lipinski definition) is 1. The molecule has 1 fully saturated rings. The van der Waals surface area contributed by atoms with Crippen molar-refractivity contribution in [2.24, 2.45) is 5.92 Å². The molecular formula is C15H21ClN4O2. The Kier molecular flexibility index (Phi) is 4.34. The summed E-state index contributed by atoms with van der Waals surface area (Å²) in [4.78, 5) is 12.7. The van der Waals surface area contributed by atoms with Gasteiger partial charge in [0.2, 0.25) is 5.28 Å². The maximum Gasteiger partial charge on any atom is 0.224 e. The van der Waals surface area contributed by atoms with Gasteiger partial charge in [-0.05, 0) is 31.4 Å². The smallest absolute Gasteiger partial charge is 0.224 e. The number of aromatic nitrogens is 4. The summed E-state index contributed by atoms with van der Waals surface area (Å²) >= 11 is 5.96. The third-order valence-corrected chi connectivity index (χ3v) is 4.58. The number of ether oxygens (including phenoxy) is 1. The zero-order valence-corrected chi connectivity index (χ0v) is 13.8. The van der Waals surface area contributed by atoms with Crippen molar-refractivity contribution in [1.82, 2.24) is 19.5 Å². The minimum absolute atomic E-state index is 0.0610. The van der Waals surface area contributed by atoms with Crippen LogP contribution in [0.3, 0.4) is 0 Å². The lowest BCUT2D eigenvalue weighted by molar-refractivity contribution is -0.0369. The Morgan fingerprint density at radius 2 is 2.14 bits per heavy atom. The first-order valence-electron chi connectivity index (χ1n) is 7.77. The molecule has 1 N–H and O–H groups in total. The standard InChI is InChI=1S/C15H21ClN4O2/c1-4-6-10-9(5-2)12(21)14(22-10)20-7-17-11-8(3)18-15(16)19-13(11)20/h7,9-10,12,14,21H,4-6H2,1-3H3. The largest absolute Gasteiger partial charge is 0.388 e. The number of hydrogen-bond acceptors (Lipinski definition) is 5. The quantitative estimate of drug-likeness (QED) is 0.875. The SMILES string of the molecule is CCCC1OC(n2cnc3c(C)nc(Cl)nc32)C(O)C1CC. The van der Waals surface area contributed by atoms with Gasteiger partial charge < -0.3 is 9.84 Å². The molecule has 0 aromatic carbocycles. The topological polar surface area (TPSA) is 73.1 Å². The molecule has 2 aromatic heterocycles. The maximum absolute atomic E-state index is 10.7. The molecule has 6 nitrogen and oxygen atoms in total. The Morgan fingerprint density at radius 3 is 2.82 bits per heavy atom. The molecule has 7 heteroatoms. The third kappa shape index (κ3) is 2.49. The summed E-state index contributed by atoms with van der Waals surface area (Å²) < 4.78 is 7.90. The highest BCUT2D eigenvalue weighted by atomic mass is 35.5. The van der Waals surface area contributed by atoms with Gasteiger partial charge in [-0.25, -0.2) is 9.97 Å². The van der Waals surface area contributed by atoms with Gasteiger partial charge in [0.1, 0.15) is 11.6 Å². The highest BCUT2D eigenvalue weighted by Crippen LogP contribution is 2.39. The zero-order chi connectivity index (χ0) is 15.9. The first-order valence-corrected chi connectivity index (χ1v) is 8.14. The highest BCUT2D eigenvalue weighted by molar-refractivity contribution is 6.28. The molecule has 1 aliphatic rings. The predicted molar refractivity (Wildman–Crippen MR) is 83.7 cm³/mol. The van der Waals surface area contributed by atoms with E-state index >= 15 is 0 Å². The molecule has 4 unspecified atom stereocenters. The molecular weight excluding hydrogens is 304 g/mol. The van der Waals surface area contributed by atoms with E-state index in [1.165, 1.54) is 0 Å². The van der Waals surface area contributed by atoms with Crippen molar-refractivity contribution in [3.63, 3.8) is 0 Å². The van der Waals surface area contributed by atoms with Crippen molar-refractivity contribution < 1.29 is 9.84 Å². The Labute approximate surface area is 134 Å². The van der Waals surface area contributed by atoms with E-state index in [9.17, 15) is 5.11 Å². The number of aliphatic hydroxyl groups is 1. The van der Waals surface area contributed by atoms with E-state index in [0.29, 0.717) is 11.2 Å². The van der Waals surface area contributed by atoms with Crippen LogP contribution in [0.5, 0.6) is 0 Å². The van der Waals surface area contributed by atoms with E-state index in [-0.39, 0.29) is 17.3 Å². The van der Waals surface area contributed by atoms with Crippen molar-refractivity contribution >= 4 is 22.8 Å². The van der Waals surface area contributed by atoms with Crippen molar-refractivity contribution in [2.75, 3.05) is 0 Å².